The van der Waals surface area contributed by atoms with Gasteiger partial charge in [-0.3, -0.25) is 9.59 Å². The van der Waals surface area contributed by atoms with Gasteiger partial charge in [-0.2, -0.15) is 5.10 Å². The molecule has 1 fully saturated rings. The summed E-state index contributed by atoms with van der Waals surface area (Å²) in [7, 11) is 0. The number of aromatic nitrogens is 3. The van der Waals surface area contributed by atoms with Gasteiger partial charge >= 0.3 is 0 Å². The summed E-state index contributed by atoms with van der Waals surface area (Å²) in [6.07, 6.45) is 7.23. The number of amides is 2. The minimum atomic E-state index is -0.471. The monoisotopic (exact) mass is 399 g/mol. The number of rotatable bonds is 3. The molecule has 0 radical (unpaired) electrons. The molecule has 2 amide bonds. The maximum atomic E-state index is 13.0. The third-order valence-electron chi connectivity index (χ3n) is 5.84. The van der Waals surface area contributed by atoms with Crippen LogP contribution in [0.2, 0.25) is 0 Å². The van der Waals surface area contributed by atoms with Crippen LogP contribution in [0.3, 0.4) is 0 Å². The van der Waals surface area contributed by atoms with Crippen molar-refractivity contribution in [3.8, 4) is 0 Å². The summed E-state index contributed by atoms with van der Waals surface area (Å²) in [6.45, 7) is 6.91. The summed E-state index contributed by atoms with van der Waals surface area (Å²) in [4.78, 5) is 27.1. The molecule has 2 aromatic heterocycles. The van der Waals surface area contributed by atoms with Crippen LogP contribution in [-0.2, 0) is 17.6 Å². The Bertz CT molecular complexity index is 900. The van der Waals surface area contributed by atoms with Crippen molar-refractivity contribution in [2.45, 2.75) is 65.3 Å². The average Bonchev–Trinajstić information content (AvgIpc) is 3.34. The summed E-state index contributed by atoms with van der Waals surface area (Å²) < 4.78 is 7.30. The molecule has 156 valence electrons. The highest BCUT2D eigenvalue weighted by Gasteiger charge is 2.32. The number of nitrogens with one attached hydrogen (secondary N) is 1. The molecule has 8 heteroatoms. The Morgan fingerprint density at radius 2 is 1.90 bits per heavy atom. The Hall–Kier alpha value is -2.64. The predicted molar refractivity (Wildman–Crippen MR) is 108 cm³/mol. The number of fused-ring (bicyclic) bond motifs is 1. The van der Waals surface area contributed by atoms with E-state index in [1.54, 1.807) is 6.20 Å². The molecule has 2 aromatic rings. The summed E-state index contributed by atoms with van der Waals surface area (Å²) in [5, 5.41) is 11.5. The van der Waals surface area contributed by atoms with E-state index >= 15 is 0 Å². The molecular formula is C21H29N5O3. The minimum Gasteiger partial charge on any atom is -0.350 e. The van der Waals surface area contributed by atoms with Gasteiger partial charge in [-0.05, 0) is 38.5 Å². The number of hydrogen-bond acceptors (Lipinski definition) is 5. The minimum absolute atomic E-state index is 0.0399. The smallest absolute Gasteiger partial charge is 0.292 e. The van der Waals surface area contributed by atoms with E-state index in [2.05, 4.69) is 15.6 Å². The molecule has 0 unspecified atom stereocenters. The lowest BCUT2D eigenvalue weighted by atomic mass is 9.95. The fourth-order valence-corrected chi connectivity index (χ4v) is 4.02. The lowest BCUT2D eigenvalue weighted by Gasteiger charge is -2.32. The Labute approximate surface area is 170 Å². The quantitative estimate of drug-likeness (QED) is 0.855. The van der Waals surface area contributed by atoms with Crippen molar-refractivity contribution in [1.29, 1.82) is 0 Å². The topological polar surface area (TPSA) is 93.3 Å². The van der Waals surface area contributed by atoms with Crippen molar-refractivity contribution in [3.63, 3.8) is 0 Å². The largest absolute Gasteiger partial charge is 0.350 e. The average molecular weight is 399 g/mol. The number of carbonyl (C=O) groups excluding carboxylic acids is 2. The number of carbonyl (C=O) groups is 2. The van der Waals surface area contributed by atoms with Crippen LogP contribution in [-0.4, -0.2) is 44.7 Å². The Balaban J connectivity index is 1.40. The first kappa shape index (κ1) is 19.7. The van der Waals surface area contributed by atoms with Crippen LogP contribution in [0.5, 0.6) is 0 Å². The molecule has 0 aromatic carbocycles. The summed E-state index contributed by atoms with van der Waals surface area (Å²) in [5.41, 5.74) is 1.48. The fraction of sp³-hybridized carbons (Fsp3) is 0.619. The molecule has 3 heterocycles. The van der Waals surface area contributed by atoms with Crippen molar-refractivity contribution in [2.24, 2.45) is 5.41 Å². The zero-order valence-electron chi connectivity index (χ0n) is 17.4. The first-order valence-electron chi connectivity index (χ1n) is 10.5. The summed E-state index contributed by atoms with van der Waals surface area (Å²) in [6, 6.07) is 1.97. The van der Waals surface area contributed by atoms with Crippen LogP contribution in [0.4, 0.5) is 5.82 Å². The van der Waals surface area contributed by atoms with Crippen LogP contribution >= 0.6 is 0 Å². The van der Waals surface area contributed by atoms with Crippen LogP contribution in [0, 0.1) is 5.41 Å². The molecule has 4 rings (SSSR count). The second-order valence-electron chi connectivity index (χ2n) is 9.03. The van der Waals surface area contributed by atoms with Crippen molar-refractivity contribution >= 4 is 17.6 Å². The number of anilines is 1. The second kappa shape index (κ2) is 7.65. The Morgan fingerprint density at radius 1 is 1.17 bits per heavy atom. The zero-order chi connectivity index (χ0) is 20.6. The molecule has 0 bridgehead atoms. The van der Waals surface area contributed by atoms with Crippen LogP contribution in [0.15, 0.2) is 16.8 Å². The van der Waals surface area contributed by atoms with Gasteiger partial charge < -0.3 is 14.7 Å². The van der Waals surface area contributed by atoms with E-state index in [1.165, 1.54) is 0 Å². The van der Waals surface area contributed by atoms with Gasteiger partial charge in [0.15, 0.2) is 0 Å². The highest BCUT2D eigenvalue weighted by Crippen LogP contribution is 2.29. The predicted octanol–water partition coefficient (Wildman–Crippen LogP) is 3.21. The normalized spacial score (nSPS) is 17.8. The second-order valence-corrected chi connectivity index (χ2v) is 9.03. The molecular weight excluding hydrogens is 370 g/mol. The van der Waals surface area contributed by atoms with E-state index in [0.29, 0.717) is 24.7 Å². The molecule has 0 spiro atoms. The number of hydrogen-bond donors (Lipinski definition) is 1. The molecule has 8 nitrogen and oxygen atoms in total. The van der Waals surface area contributed by atoms with Gasteiger partial charge in [0.25, 0.3) is 5.91 Å². The van der Waals surface area contributed by atoms with E-state index in [1.807, 2.05) is 36.4 Å². The maximum absolute atomic E-state index is 13.0. The summed E-state index contributed by atoms with van der Waals surface area (Å²) in [5.74, 6) is 1.04. The van der Waals surface area contributed by atoms with E-state index < -0.39 is 5.41 Å². The van der Waals surface area contributed by atoms with Gasteiger partial charge in [0, 0.05) is 30.1 Å². The molecule has 1 N–H and O–H groups in total. The number of piperidine rings is 1. The van der Waals surface area contributed by atoms with Crippen molar-refractivity contribution in [2.75, 3.05) is 18.4 Å². The lowest BCUT2D eigenvalue weighted by molar-refractivity contribution is -0.123. The molecule has 1 aliphatic carbocycles. The molecule has 1 aliphatic heterocycles. The van der Waals surface area contributed by atoms with Gasteiger partial charge in [0.1, 0.15) is 5.82 Å². The zero-order valence-corrected chi connectivity index (χ0v) is 17.4. The van der Waals surface area contributed by atoms with Crippen molar-refractivity contribution < 1.29 is 14.1 Å². The maximum Gasteiger partial charge on any atom is 0.292 e. The lowest BCUT2D eigenvalue weighted by Crippen LogP contribution is -2.40. The molecule has 1 saturated heterocycles. The van der Waals surface area contributed by atoms with Crippen molar-refractivity contribution in [1.82, 2.24) is 19.8 Å². The first-order chi connectivity index (χ1) is 13.8. The van der Waals surface area contributed by atoms with Gasteiger partial charge in [-0.15, -0.1) is 0 Å². The molecule has 0 atom stereocenters. The van der Waals surface area contributed by atoms with Gasteiger partial charge in [0.2, 0.25) is 11.7 Å². The summed E-state index contributed by atoms with van der Waals surface area (Å²) >= 11 is 0. The number of likely N-dealkylation sites (tertiary alicyclic amines) is 1. The first-order valence-corrected chi connectivity index (χ1v) is 10.5. The number of nitrogens with zero attached hydrogens (tertiary/aromatic N) is 4. The van der Waals surface area contributed by atoms with E-state index in [9.17, 15) is 9.59 Å². The van der Waals surface area contributed by atoms with Gasteiger partial charge in [-0.25, -0.2) is 4.68 Å². The molecule has 29 heavy (non-hydrogen) atoms. The van der Waals surface area contributed by atoms with E-state index in [-0.39, 0.29) is 17.9 Å². The molecule has 0 saturated carbocycles. The third kappa shape index (κ3) is 3.93. The van der Waals surface area contributed by atoms with Crippen LogP contribution in [0.1, 0.15) is 74.3 Å². The highest BCUT2D eigenvalue weighted by molar-refractivity contribution is 5.94. The van der Waals surface area contributed by atoms with Crippen LogP contribution in [0.25, 0.3) is 0 Å². The Morgan fingerprint density at radius 3 is 2.62 bits per heavy atom. The van der Waals surface area contributed by atoms with Crippen LogP contribution < -0.4 is 5.32 Å². The SMILES string of the molecule is CC(C)(C)C(=O)Nc1ccnn1C1CCN(C(=O)c2onc3c2CCCC3)CC1. The number of aryl methyl sites for hydroxylation is 1. The highest BCUT2D eigenvalue weighted by atomic mass is 16.5. The van der Waals surface area contributed by atoms with Crippen molar-refractivity contribution in [3.05, 3.63) is 29.3 Å². The van der Waals surface area contributed by atoms with Gasteiger partial charge in [-0.1, -0.05) is 25.9 Å². The fourth-order valence-electron chi connectivity index (χ4n) is 4.02. The van der Waals surface area contributed by atoms with Gasteiger partial charge in [0.05, 0.1) is 17.9 Å². The molecule has 2 aliphatic rings. The Kier molecular flexibility index (Phi) is 5.19. The van der Waals surface area contributed by atoms with E-state index in [4.69, 9.17) is 4.52 Å². The van der Waals surface area contributed by atoms with E-state index in [0.717, 1.165) is 49.8 Å². The standard InChI is InChI=1S/C21H29N5O3/c1-21(2,3)20(28)23-17-8-11-22-26(17)14-9-12-25(13-10-14)19(27)18-15-6-4-5-7-16(15)24-29-18/h8,11,14H,4-7,9-10,12-13H2,1-3H3,(H,23,28). The third-order valence-corrected chi connectivity index (χ3v) is 5.84.